The second kappa shape index (κ2) is 6.42. The smallest absolute Gasteiger partial charge is 0.153 e. The van der Waals surface area contributed by atoms with Gasteiger partial charge >= 0.3 is 0 Å². The van der Waals surface area contributed by atoms with Gasteiger partial charge in [-0.2, -0.15) is 5.26 Å². The minimum Gasteiger partial charge on any atom is -0.368 e. The van der Waals surface area contributed by atoms with Crippen molar-refractivity contribution in [2.45, 2.75) is 0 Å². The van der Waals surface area contributed by atoms with E-state index in [0.29, 0.717) is 29.9 Å². The molecule has 0 spiro atoms. The third kappa shape index (κ3) is 3.29. The molecule has 0 unspecified atom stereocenters. The Morgan fingerprint density at radius 3 is 2.58 bits per heavy atom. The number of aldehydes is 1. The van der Waals surface area contributed by atoms with Gasteiger partial charge in [-0.15, -0.1) is 0 Å². The first kappa shape index (κ1) is 16.1. The predicted octanol–water partition coefficient (Wildman–Crippen LogP) is 1.67. The van der Waals surface area contributed by atoms with E-state index in [0.717, 1.165) is 17.5 Å². The third-order valence-electron chi connectivity index (χ3n) is 4.02. The lowest BCUT2D eigenvalue weighted by Crippen LogP contribution is -2.40. The molecule has 0 aliphatic carbocycles. The van der Waals surface area contributed by atoms with Crippen molar-refractivity contribution in [2.75, 3.05) is 29.5 Å². The van der Waals surface area contributed by atoms with E-state index in [1.807, 2.05) is 11.0 Å². The second-order valence-electron chi connectivity index (χ2n) is 5.57. The molecular formula is C17H15N3O3S. The van der Waals surface area contributed by atoms with Crippen LogP contribution in [0.2, 0.25) is 0 Å². The summed E-state index contributed by atoms with van der Waals surface area (Å²) in [6, 6.07) is 10.8. The van der Waals surface area contributed by atoms with Crippen LogP contribution in [0.4, 0.5) is 5.69 Å². The number of pyridine rings is 1. The van der Waals surface area contributed by atoms with Crippen LogP contribution in [0.1, 0.15) is 15.9 Å². The summed E-state index contributed by atoms with van der Waals surface area (Å²) in [5.74, 6) is 0.200. The van der Waals surface area contributed by atoms with Crippen molar-refractivity contribution >= 4 is 21.8 Å². The summed E-state index contributed by atoms with van der Waals surface area (Å²) in [4.78, 5) is 17.0. The molecule has 1 saturated heterocycles. The fourth-order valence-electron chi connectivity index (χ4n) is 2.69. The Kier molecular flexibility index (Phi) is 4.32. The van der Waals surface area contributed by atoms with Crippen LogP contribution in [0.5, 0.6) is 0 Å². The van der Waals surface area contributed by atoms with Crippen molar-refractivity contribution in [2.24, 2.45) is 0 Å². The summed E-state index contributed by atoms with van der Waals surface area (Å²) in [6.45, 7) is 0.768. The zero-order valence-electron chi connectivity index (χ0n) is 12.8. The van der Waals surface area contributed by atoms with Crippen LogP contribution in [0.25, 0.3) is 11.3 Å². The molecule has 0 radical (unpaired) electrons. The van der Waals surface area contributed by atoms with Gasteiger partial charge in [0.15, 0.2) is 9.84 Å². The number of rotatable bonds is 3. The van der Waals surface area contributed by atoms with Gasteiger partial charge in [0, 0.05) is 30.4 Å². The first-order valence-electron chi connectivity index (χ1n) is 7.43. The highest BCUT2D eigenvalue weighted by atomic mass is 32.2. The average molecular weight is 341 g/mol. The first-order chi connectivity index (χ1) is 11.5. The normalized spacial score (nSPS) is 16.4. The maximum atomic E-state index is 11.6. The molecule has 0 atom stereocenters. The summed E-state index contributed by atoms with van der Waals surface area (Å²) in [5, 5.41) is 9.45. The molecule has 6 nitrogen and oxygen atoms in total. The summed E-state index contributed by atoms with van der Waals surface area (Å²) < 4.78 is 23.1. The number of anilines is 1. The highest BCUT2D eigenvalue weighted by molar-refractivity contribution is 7.91. The van der Waals surface area contributed by atoms with Crippen LogP contribution >= 0.6 is 0 Å². The van der Waals surface area contributed by atoms with Gasteiger partial charge in [0.05, 0.1) is 28.5 Å². The zero-order valence-corrected chi connectivity index (χ0v) is 13.7. The average Bonchev–Trinajstić information content (AvgIpc) is 2.61. The molecule has 0 saturated carbocycles. The number of carbonyl (C=O) groups excluding carboxylic acids is 1. The van der Waals surface area contributed by atoms with Gasteiger partial charge in [-0.3, -0.25) is 9.78 Å². The summed E-state index contributed by atoms with van der Waals surface area (Å²) in [5.41, 5.74) is 3.06. The van der Waals surface area contributed by atoms with Gasteiger partial charge in [0.2, 0.25) is 0 Å². The lowest BCUT2D eigenvalue weighted by Gasteiger charge is -2.29. The van der Waals surface area contributed by atoms with Gasteiger partial charge in [0.25, 0.3) is 0 Å². The van der Waals surface area contributed by atoms with E-state index in [1.54, 1.807) is 30.5 Å². The molecule has 1 fully saturated rings. The van der Waals surface area contributed by atoms with E-state index in [2.05, 4.69) is 11.1 Å². The van der Waals surface area contributed by atoms with Crippen LogP contribution < -0.4 is 4.90 Å². The van der Waals surface area contributed by atoms with E-state index in [-0.39, 0.29) is 11.5 Å². The number of sulfone groups is 1. The zero-order chi connectivity index (χ0) is 17.2. The number of benzene rings is 1. The first-order valence-corrected chi connectivity index (χ1v) is 9.26. The molecule has 7 heteroatoms. The maximum Gasteiger partial charge on any atom is 0.153 e. The Morgan fingerprint density at radius 2 is 1.92 bits per heavy atom. The minimum atomic E-state index is -2.97. The lowest BCUT2D eigenvalue weighted by atomic mass is 10.0. The molecular weight excluding hydrogens is 326 g/mol. The maximum absolute atomic E-state index is 11.6. The number of hydrogen-bond acceptors (Lipinski definition) is 6. The number of nitrogens with zero attached hydrogens (tertiary/aromatic N) is 3. The molecule has 1 aliphatic heterocycles. The van der Waals surface area contributed by atoms with Gasteiger partial charge in [-0.1, -0.05) is 6.07 Å². The topological polar surface area (TPSA) is 91.1 Å². The van der Waals surface area contributed by atoms with Crippen molar-refractivity contribution in [1.82, 2.24) is 4.98 Å². The Morgan fingerprint density at radius 1 is 1.17 bits per heavy atom. The fourth-order valence-corrected chi connectivity index (χ4v) is 3.89. The fraction of sp³-hybridized carbons (Fsp3) is 0.235. The standard InChI is InChI=1S/C17H15N3O3S/c18-11-15-10-14(16-9-13(12-21)3-4-19-16)1-2-17(15)20-5-7-24(22,23)8-6-20/h1-4,9-10,12H,5-8H2. The van der Waals surface area contributed by atoms with Crippen molar-refractivity contribution in [3.05, 3.63) is 47.7 Å². The monoisotopic (exact) mass is 341 g/mol. The molecule has 24 heavy (non-hydrogen) atoms. The van der Waals surface area contributed by atoms with E-state index in [9.17, 15) is 18.5 Å². The van der Waals surface area contributed by atoms with Crippen molar-refractivity contribution in [3.8, 4) is 17.3 Å². The second-order valence-corrected chi connectivity index (χ2v) is 7.88. The molecule has 3 rings (SSSR count). The van der Waals surface area contributed by atoms with E-state index < -0.39 is 9.84 Å². The molecule has 0 N–H and O–H groups in total. The lowest BCUT2D eigenvalue weighted by molar-refractivity contribution is 0.112. The Balaban J connectivity index is 1.94. The number of aromatic nitrogens is 1. The number of nitriles is 1. The third-order valence-corrected chi connectivity index (χ3v) is 5.63. The van der Waals surface area contributed by atoms with Crippen LogP contribution in [0.3, 0.4) is 0 Å². The summed E-state index contributed by atoms with van der Waals surface area (Å²) >= 11 is 0. The van der Waals surface area contributed by atoms with E-state index in [4.69, 9.17) is 0 Å². The van der Waals surface area contributed by atoms with Crippen LogP contribution in [-0.2, 0) is 9.84 Å². The van der Waals surface area contributed by atoms with Gasteiger partial charge < -0.3 is 4.90 Å². The number of hydrogen-bond donors (Lipinski definition) is 0. The Hall–Kier alpha value is -2.72. The molecule has 1 aliphatic rings. The number of carbonyl (C=O) groups is 1. The van der Waals surface area contributed by atoms with Gasteiger partial charge in [0.1, 0.15) is 12.4 Å². The van der Waals surface area contributed by atoms with Crippen LogP contribution in [0.15, 0.2) is 36.5 Å². The highest BCUT2D eigenvalue weighted by Gasteiger charge is 2.23. The molecule has 1 aromatic heterocycles. The minimum absolute atomic E-state index is 0.0998. The van der Waals surface area contributed by atoms with E-state index in [1.165, 1.54) is 0 Å². The molecule has 122 valence electrons. The quantitative estimate of drug-likeness (QED) is 0.789. The summed E-state index contributed by atoms with van der Waals surface area (Å²) in [7, 11) is -2.97. The van der Waals surface area contributed by atoms with Crippen molar-refractivity contribution in [3.63, 3.8) is 0 Å². The van der Waals surface area contributed by atoms with Gasteiger partial charge in [-0.25, -0.2) is 8.42 Å². The van der Waals surface area contributed by atoms with Crippen molar-refractivity contribution < 1.29 is 13.2 Å². The SMILES string of the molecule is N#Cc1cc(-c2cc(C=O)ccn2)ccc1N1CCS(=O)(=O)CC1. The van der Waals surface area contributed by atoms with Crippen LogP contribution in [-0.4, -0.2) is 44.3 Å². The molecule has 0 bridgehead atoms. The predicted molar refractivity (Wildman–Crippen MR) is 90.6 cm³/mol. The molecule has 0 amide bonds. The molecule has 1 aromatic carbocycles. The van der Waals surface area contributed by atoms with Crippen molar-refractivity contribution in [1.29, 1.82) is 5.26 Å². The van der Waals surface area contributed by atoms with Gasteiger partial charge in [-0.05, 0) is 24.3 Å². The van der Waals surface area contributed by atoms with Crippen LogP contribution in [0, 0.1) is 11.3 Å². The summed E-state index contributed by atoms with van der Waals surface area (Å²) in [6.07, 6.45) is 2.30. The largest absolute Gasteiger partial charge is 0.368 e. The molecule has 2 heterocycles. The Bertz CT molecular complexity index is 918. The Labute approximate surface area is 140 Å². The molecule has 2 aromatic rings. The highest BCUT2D eigenvalue weighted by Crippen LogP contribution is 2.27. The van der Waals surface area contributed by atoms with E-state index >= 15 is 0 Å².